The highest BCUT2D eigenvalue weighted by molar-refractivity contribution is 5.77. The minimum absolute atomic E-state index is 0.985. The lowest BCUT2D eigenvalue weighted by atomic mass is 10.1. The molecule has 1 aromatic heterocycles. The Labute approximate surface area is 108 Å². The summed E-state index contributed by atoms with van der Waals surface area (Å²) in [5.41, 5.74) is 5.06. The van der Waals surface area contributed by atoms with Crippen LogP contribution in [0, 0.1) is 13.8 Å². The Morgan fingerprint density at radius 2 is 1.78 bits per heavy atom. The van der Waals surface area contributed by atoms with Crippen LogP contribution in [0.25, 0.3) is 11.0 Å². The van der Waals surface area contributed by atoms with Gasteiger partial charge in [0.05, 0.1) is 24.0 Å². The summed E-state index contributed by atoms with van der Waals surface area (Å²) < 4.78 is 2.28. The number of benzene rings is 1. The second-order valence-corrected chi connectivity index (χ2v) is 5.46. The Morgan fingerprint density at radius 3 is 2.56 bits per heavy atom. The summed E-state index contributed by atoms with van der Waals surface area (Å²) in [4.78, 5) is 7.05. The van der Waals surface area contributed by atoms with Gasteiger partial charge in [-0.05, 0) is 63.0 Å². The second-order valence-electron chi connectivity index (χ2n) is 5.46. The molecule has 0 N–H and O–H groups in total. The molecule has 0 amide bonds. The third kappa shape index (κ3) is 2.15. The first-order valence-corrected chi connectivity index (χ1v) is 6.88. The van der Waals surface area contributed by atoms with Gasteiger partial charge in [-0.2, -0.15) is 0 Å². The summed E-state index contributed by atoms with van der Waals surface area (Å²) in [7, 11) is 0. The molecule has 1 aliphatic rings. The van der Waals surface area contributed by atoms with Crippen molar-refractivity contribution in [1.82, 2.24) is 14.5 Å². The quantitative estimate of drug-likeness (QED) is 0.808. The number of piperidine rings is 1. The molecule has 0 saturated carbocycles. The van der Waals surface area contributed by atoms with E-state index in [9.17, 15) is 0 Å². The Balaban J connectivity index is 1.89. The maximum absolute atomic E-state index is 4.52. The molecule has 1 aromatic carbocycles. The van der Waals surface area contributed by atoms with Crippen molar-refractivity contribution in [2.45, 2.75) is 39.8 Å². The first kappa shape index (κ1) is 11.7. The van der Waals surface area contributed by atoms with Crippen LogP contribution in [0.3, 0.4) is 0 Å². The number of aryl methyl sites for hydroxylation is 2. The number of nitrogens with zero attached hydrogens (tertiary/aromatic N) is 3. The van der Waals surface area contributed by atoms with E-state index >= 15 is 0 Å². The van der Waals surface area contributed by atoms with E-state index in [2.05, 4.69) is 40.4 Å². The van der Waals surface area contributed by atoms with Crippen LogP contribution in [0.5, 0.6) is 0 Å². The molecular formula is C15H21N3. The number of hydrogen-bond donors (Lipinski definition) is 0. The fourth-order valence-corrected chi connectivity index (χ4v) is 2.74. The van der Waals surface area contributed by atoms with Gasteiger partial charge in [0.2, 0.25) is 0 Å². The summed E-state index contributed by atoms with van der Waals surface area (Å²) >= 11 is 0. The summed E-state index contributed by atoms with van der Waals surface area (Å²) in [5, 5.41) is 0. The fraction of sp³-hybridized carbons (Fsp3) is 0.533. The molecule has 1 aliphatic heterocycles. The van der Waals surface area contributed by atoms with Crippen molar-refractivity contribution in [2.75, 3.05) is 13.1 Å². The van der Waals surface area contributed by atoms with E-state index in [0.717, 1.165) is 12.2 Å². The van der Waals surface area contributed by atoms with Gasteiger partial charge < -0.3 is 4.57 Å². The molecule has 0 unspecified atom stereocenters. The molecule has 2 heterocycles. The van der Waals surface area contributed by atoms with Crippen molar-refractivity contribution in [1.29, 1.82) is 0 Å². The van der Waals surface area contributed by atoms with Crippen molar-refractivity contribution in [3.63, 3.8) is 0 Å². The van der Waals surface area contributed by atoms with Crippen LogP contribution in [0.15, 0.2) is 18.5 Å². The molecule has 18 heavy (non-hydrogen) atoms. The molecule has 3 heteroatoms. The number of imidazole rings is 1. The number of fused-ring (bicyclic) bond motifs is 1. The first-order chi connectivity index (χ1) is 8.74. The molecule has 0 radical (unpaired) electrons. The van der Waals surface area contributed by atoms with Crippen molar-refractivity contribution in [3.05, 3.63) is 29.6 Å². The van der Waals surface area contributed by atoms with Gasteiger partial charge in [-0.3, -0.25) is 4.90 Å². The fourth-order valence-electron chi connectivity index (χ4n) is 2.74. The van der Waals surface area contributed by atoms with Gasteiger partial charge in [0.15, 0.2) is 0 Å². The lowest BCUT2D eigenvalue weighted by molar-refractivity contribution is 0.185. The van der Waals surface area contributed by atoms with Crippen molar-refractivity contribution in [2.24, 2.45) is 0 Å². The maximum atomic E-state index is 4.52. The van der Waals surface area contributed by atoms with E-state index in [1.165, 1.54) is 49.0 Å². The van der Waals surface area contributed by atoms with Crippen LogP contribution < -0.4 is 0 Å². The molecule has 1 saturated heterocycles. The third-order valence-electron chi connectivity index (χ3n) is 4.04. The van der Waals surface area contributed by atoms with Crippen LogP contribution in [0.4, 0.5) is 0 Å². The molecule has 96 valence electrons. The van der Waals surface area contributed by atoms with E-state index < -0.39 is 0 Å². The Bertz CT molecular complexity index is 550. The third-order valence-corrected chi connectivity index (χ3v) is 4.04. The zero-order valence-corrected chi connectivity index (χ0v) is 11.3. The molecule has 3 nitrogen and oxygen atoms in total. The van der Waals surface area contributed by atoms with Crippen LogP contribution in [-0.4, -0.2) is 27.5 Å². The van der Waals surface area contributed by atoms with Gasteiger partial charge >= 0.3 is 0 Å². The lowest BCUT2D eigenvalue weighted by Crippen LogP contribution is -2.31. The zero-order chi connectivity index (χ0) is 12.5. The average Bonchev–Trinajstić information content (AvgIpc) is 2.74. The first-order valence-electron chi connectivity index (χ1n) is 6.88. The van der Waals surface area contributed by atoms with E-state index in [0.29, 0.717) is 0 Å². The minimum atomic E-state index is 0.985. The molecule has 1 fully saturated rings. The van der Waals surface area contributed by atoms with Crippen molar-refractivity contribution in [3.8, 4) is 0 Å². The van der Waals surface area contributed by atoms with Gasteiger partial charge in [0.25, 0.3) is 0 Å². The molecule has 2 aromatic rings. The van der Waals surface area contributed by atoms with E-state index in [-0.39, 0.29) is 0 Å². The standard InChI is InChI=1S/C15H21N3/c1-12-8-14-15(9-13(12)2)18(10-16-14)11-17-6-4-3-5-7-17/h8-10H,3-7,11H2,1-2H3. The molecule has 0 spiro atoms. The molecule has 0 bridgehead atoms. The number of hydrogen-bond acceptors (Lipinski definition) is 2. The summed E-state index contributed by atoms with van der Waals surface area (Å²) in [5.74, 6) is 0. The Hall–Kier alpha value is -1.35. The maximum Gasteiger partial charge on any atom is 0.0969 e. The SMILES string of the molecule is Cc1cc2ncn(CN3CCCCC3)c2cc1C. The average molecular weight is 243 g/mol. The Morgan fingerprint density at radius 1 is 1.06 bits per heavy atom. The zero-order valence-electron chi connectivity index (χ0n) is 11.3. The second kappa shape index (κ2) is 4.73. The predicted molar refractivity (Wildman–Crippen MR) is 74.6 cm³/mol. The topological polar surface area (TPSA) is 21.1 Å². The lowest BCUT2D eigenvalue weighted by Gasteiger charge is -2.26. The highest BCUT2D eigenvalue weighted by Gasteiger charge is 2.12. The summed E-state index contributed by atoms with van der Waals surface area (Å²) in [6.45, 7) is 7.76. The number of likely N-dealkylation sites (tertiary alicyclic amines) is 1. The molecular weight excluding hydrogens is 222 g/mol. The van der Waals surface area contributed by atoms with Gasteiger partial charge in [0, 0.05) is 0 Å². The minimum Gasteiger partial charge on any atom is -0.317 e. The van der Waals surface area contributed by atoms with Crippen LogP contribution in [-0.2, 0) is 6.67 Å². The smallest absolute Gasteiger partial charge is 0.0969 e. The number of aromatic nitrogens is 2. The normalized spacial score (nSPS) is 17.4. The Kier molecular flexibility index (Phi) is 3.08. The summed E-state index contributed by atoms with van der Waals surface area (Å²) in [6.07, 6.45) is 6.05. The predicted octanol–water partition coefficient (Wildman–Crippen LogP) is 3.10. The largest absolute Gasteiger partial charge is 0.317 e. The van der Waals surface area contributed by atoms with Crippen LogP contribution >= 0.6 is 0 Å². The highest BCUT2D eigenvalue weighted by Crippen LogP contribution is 2.19. The highest BCUT2D eigenvalue weighted by atomic mass is 15.3. The van der Waals surface area contributed by atoms with Crippen LogP contribution in [0.2, 0.25) is 0 Å². The van der Waals surface area contributed by atoms with Crippen molar-refractivity contribution >= 4 is 11.0 Å². The van der Waals surface area contributed by atoms with Crippen LogP contribution in [0.1, 0.15) is 30.4 Å². The molecule has 3 rings (SSSR count). The van der Waals surface area contributed by atoms with E-state index in [4.69, 9.17) is 0 Å². The van der Waals surface area contributed by atoms with Gasteiger partial charge in [-0.15, -0.1) is 0 Å². The van der Waals surface area contributed by atoms with E-state index in [1.807, 2.05) is 6.33 Å². The molecule has 0 atom stereocenters. The van der Waals surface area contributed by atoms with Gasteiger partial charge in [-0.1, -0.05) is 6.42 Å². The number of rotatable bonds is 2. The van der Waals surface area contributed by atoms with Gasteiger partial charge in [0.1, 0.15) is 0 Å². The van der Waals surface area contributed by atoms with E-state index in [1.54, 1.807) is 0 Å². The van der Waals surface area contributed by atoms with Gasteiger partial charge in [-0.25, -0.2) is 4.98 Å². The molecule has 0 aliphatic carbocycles. The summed E-state index contributed by atoms with van der Waals surface area (Å²) in [6, 6.07) is 4.46. The van der Waals surface area contributed by atoms with Crippen molar-refractivity contribution < 1.29 is 0 Å². The monoisotopic (exact) mass is 243 g/mol.